The predicted molar refractivity (Wildman–Crippen MR) is 102 cm³/mol. The maximum absolute atomic E-state index is 12.9. The topological polar surface area (TPSA) is 56.6 Å². The highest BCUT2D eigenvalue weighted by molar-refractivity contribution is 5.81. The molecule has 0 aliphatic heterocycles. The third-order valence-electron chi connectivity index (χ3n) is 3.99. The van der Waals surface area contributed by atoms with Gasteiger partial charge in [-0.25, -0.2) is 0 Å². The van der Waals surface area contributed by atoms with Crippen LogP contribution < -0.4 is 4.74 Å². The normalized spacial score (nSPS) is 11.7. The Labute approximate surface area is 155 Å². The van der Waals surface area contributed by atoms with E-state index in [1.165, 1.54) is 0 Å². The predicted octanol–water partition coefficient (Wildman–Crippen LogP) is 2.92. The van der Waals surface area contributed by atoms with E-state index in [4.69, 9.17) is 10.00 Å². The molecule has 0 spiro atoms. The van der Waals surface area contributed by atoms with Crippen LogP contribution in [0, 0.1) is 11.3 Å². The number of hydrogen-bond donors (Lipinski definition) is 0. The van der Waals surface area contributed by atoms with Gasteiger partial charge in [0, 0.05) is 19.6 Å². The van der Waals surface area contributed by atoms with Crippen LogP contribution in [0.2, 0.25) is 0 Å². The van der Waals surface area contributed by atoms with Crippen LogP contribution in [0.1, 0.15) is 18.1 Å². The Kier molecular flexibility index (Phi) is 7.19. The summed E-state index contributed by atoms with van der Waals surface area (Å²) in [6.07, 6.45) is -0.603. The fourth-order valence-corrected chi connectivity index (χ4v) is 2.51. The minimum absolute atomic E-state index is 0.0555. The molecular formula is C21H25N3O2. The van der Waals surface area contributed by atoms with Crippen molar-refractivity contribution in [2.45, 2.75) is 19.6 Å². The number of nitrogens with zero attached hydrogens (tertiary/aromatic N) is 3. The molecule has 2 aromatic carbocycles. The molecule has 0 heterocycles. The van der Waals surface area contributed by atoms with Crippen molar-refractivity contribution in [3.05, 3.63) is 65.7 Å². The van der Waals surface area contributed by atoms with Crippen molar-refractivity contribution >= 4 is 5.91 Å². The highest BCUT2D eigenvalue weighted by Crippen LogP contribution is 2.15. The zero-order valence-electron chi connectivity index (χ0n) is 15.6. The summed E-state index contributed by atoms with van der Waals surface area (Å²) in [6.45, 7) is 3.72. The van der Waals surface area contributed by atoms with Gasteiger partial charge in [0.25, 0.3) is 5.91 Å². The Morgan fingerprint density at radius 2 is 1.73 bits per heavy atom. The van der Waals surface area contributed by atoms with E-state index in [2.05, 4.69) is 11.0 Å². The molecule has 0 N–H and O–H groups in total. The minimum atomic E-state index is -0.603. The van der Waals surface area contributed by atoms with Crippen LogP contribution >= 0.6 is 0 Å². The molecule has 2 rings (SSSR count). The molecule has 0 saturated heterocycles. The average Bonchev–Trinajstić information content (AvgIpc) is 2.65. The fraction of sp³-hybridized carbons (Fsp3) is 0.333. The summed E-state index contributed by atoms with van der Waals surface area (Å²) in [5, 5.41) is 8.86. The molecule has 5 nitrogen and oxygen atoms in total. The molecule has 0 bridgehead atoms. The molecular weight excluding hydrogens is 326 g/mol. The van der Waals surface area contributed by atoms with Crippen LogP contribution in [0.15, 0.2) is 54.6 Å². The summed E-state index contributed by atoms with van der Waals surface area (Å²) < 4.78 is 5.79. The molecule has 0 radical (unpaired) electrons. The van der Waals surface area contributed by atoms with Crippen LogP contribution in [0.5, 0.6) is 5.75 Å². The van der Waals surface area contributed by atoms with Gasteiger partial charge in [0.15, 0.2) is 6.10 Å². The van der Waals surface area contributed by atoms with Crippen LogP contribution in [0.3, 0.4) is 0 Å². The van der Waals surface area contributed by atoms with Gasteiger partial charge in [0.05, 0.1) is 11.6 Å². The molecule has 1 unspecified atom stereocenters. The van der Waals surface area contributed by atoms with E-state index in [0.717, 1.165) is 12.1 Å². The van der Waals surface area contributed by atoms with Crippen molar-refractivity contribution in [1.82, 2.24) is 9.80 Å². The number of carbonyl (C=O) groups excluding carboxylic acids is 1. The number of carbonyl (C=O) groups is 1. The number of likely N-dealkylation sites (N-methyl/N-ethyl adjacent to an activating group) is 1. The summed E-state index contributed by atoms with van der Waals surface area (Å²) in [7, 11) is 3.98. The van der Waals surface area contributed by atoms with Gasteiger partial charge in [0.2, 0.25) is 0 Å². The van der Waals surface area contributed by atoms with E-state index >= 15 is 0 Å². The highest BCUT2D eigenvalue weighted by atomic mass is 16.5. The SMILES string of the molecule is CC(Oc1ccc(C#N)cc1)C(=O)N(CCN(C)C)Cc1ccccc1. The molecule has 2 aromatic rings. The van der Waals surface area contributed by atoms with Crippen LogP contribution in [0.25, 0.3) is 0 Å². The lowest BCUT2D eigenvalue weighted by Crippen LogP contribution is -2.43. The quantitative estimate of drug-likeness (QED) is 0.734. The van der Waals surface area contributed by atoms with E-state index in [9.17, 15) is 4.79 Å². The first-order chi connectivity index (χ1) is 12.5. The van der Waals surface area contributed by atoms with Gasteiger partial charge in [0.1, 0.15) is 5.75 Å². The lowest BCUT2D eigenvalue weighted by atomic mass is 10.2. The largest absolute Gasteiger partial charge is 0.481 e. The van der Waals surface area contributed by atoms with Gasteiger partial charge in [-0.05, 0) is 50.8 Å². The van der Waals surface area contributed by atoms with E-state index < -0.39 is 6.10 Å². The van der Waals surface area contributed by atoms with Crippen molar-refractivity contribution in [3.8, 4) is 11.8 Å². The first-order valence-corrected chi connectivity index (χ1v) is 8.64. The highest BCUT2D eigenvalue weighted by Gasteiger charge is 2.22. The van der Waals surface area contributed by atoms with Gasteiger partial charge < -0.3 is 14.5 Å². The van der Waals surface area contributed by atoms with Crippen molar-refractivity contribution in [2.75, 3.05) is 27.2 Å². The lowest BCUT2D eigenvalue weighted by molar-refractivity contribution is -0.138. The first kappa shape index (κ1) is 19.5. The lowest BCUT2D eigenvalue weighted by Gasteiger charge is -2.27. The minimum Gasteiger partial charge on any atom is -0.481 e. The third kappa shape index (κ3) is 5.91. The number of amides is 1. The second kappa shape index (κ2) is 9.59. The molecule has 0 saturated carbocycles. The summed E-state index contributed by atoms with van der Waals surface area (Å²) in [5.74, 6) is 0.525. The van der Waals surface area contributed by atoms with E-state index in [1.54, 1.807) is 31.2 Å². The van der Waals surface area contributed by atoms with E-state index in [0.29, 0.717) is 24.4 Å². The first-order valence-electron chi connectivity index (χ1n) is 8.64. The molecule has 136 valence electrons. The molecule has 0 aliphatic rings. The van der Waals surface area contributed by atoms with Crippen molar-refractivity contribution in [2.24, 2.45) is 0 Å². The molecule has 1 amide bonds. The van der Waals surface area contributed by atoms with Gasteiger partial charge in [-0.3, -0.25) is 4.79 Å². The Balaban J connectivity index is 2.06. The van der Waals surface area contributed by atoms with Crippen molar-refractivity contribution < 1.29 is 9.53 Å². The van der Waals surface area contributed by atoms with Crippen LogP contribution in [0.4, 0.5) is 0 Å². The third-order valence-corrected chi connectivity index (χ3v) is 3.99. The number of rotatable bonds is 8. The molecule has 0 fully saturated rings. The Morgan fingerprint density at radius 3 is 2.31 bits per heavy atom. The number of nitriles is 1. The molecule has 0 aromatic heterocycles. The Hall–Kier alpha value is -2.84. The standard InChI is InChI=1S/C21H25N3O2/c1-17(26-20-11-9-18(15-22)10-12-20)21(25)24(14-13-23(2)3)16-19-7-5-4-6-8-19/h4-12,17H,13-14,16H2,1-3H3. The second-order valence-electron chi connectivity index (χ2n) is 6.44. The van der Waals surface area contributed by atoms with Crippen molar-refractivity contribution in [3.63, 3.8) is 0 Å². The Morgan fingerprint density at radius 1 is 1.08 bits per heavy atom. The Bertz CT molecular complexity index is 736. The van der Waals surface area contributed by atoms with E-state index in [1.807, 2.05) is 49.3 Å². The smallest absolute Gasteiger partial charge is 0.263 e. The number of ether oxygens (including phenoxy) is 1. The maximum atomic E-state index is 12.9. The summed E-state index contributed by atoms with van der Waals surface area (Å²) >= 11 is 0. The van der Waals surface area contributed by atoms with Gasteiger partial charge >= 0.3 is 0 Å². The summed E-state index contributed by atoms with van der Waals surface area (Å²) in [6, 6.07) is 18.8. The van der Waals surface area contributed by atoms with Crippen LogP contribution in [-0.4, -0.2) is 49.0 Å². The van der Waals surface area contributed by atoms with Gasteiger partial charge in [-0.2, -0.15) is 5.26 Å². The summed E-state index contributed by atoms with van der Waals surface area (Å²) in [5.41, 5.74) is 1.65. The zero-order chi connectivity index (χ0) is 18.9. The van der Waals surface area contributed by atoms with Gasteiger partial charge in [-0.15, -0.1) is 0 Å². The van der Waals surface area contributed by atoms with E-state index in [-0.39, 0.29) is 5.91 Å². The van der Waals surface area contributed by atoms with Crippen LogP contribution in [-0.2, 0) is 11.3 Å². The maximum Gasteiger partial charge on any atom is 0.263 e. The fourth-order valence-electron chi connectivity index (χ4n) is 2.51. The number of benzene rings is 2. The molecule has 1 atom stereocenters. The average molecular weight is 351 g/mol. The monoisotopic (exact) mass is 351 g/mol. The zero-order valence-corrected chi connectivity index (χ0v) is 15.6. The number of hydrogen-bond acceptors (Lipinski definition) is 4. The second-order valence-corrected chi connectivity index (χ2v) is 6.44. The molecule has 26 heavy (non-hydrogen) atoms. The summed E-state index contributed by atoms with van der Waals surface area (Å²) in [4.78, 5) is 16.8. The van der Waals surface area contributed by atoms with Crippen molar-refractivity contribution in [1.29, 1.82) is 5.26 Å². The molecule has 5 heteroatoms. The molecule has 0 aliphatic carbocycles. The van der Waals surface area contributed by atoms with Gasteiger partial charge in [-0.1, -0.05) is 30.3 Å².